The maximum atomic E-state index is 13.2. The minimum absolute atomic E-state index is 0.167. The van der Waals surface area contributed by atoms with E-state index in [1.54, 1.807) is 0 Å². The summed E-state index contributed by atoms with van der Waals surface area (Å²) >= 11 is 0. The number of benzene rings is 1. The quantitative estimate of drug-likeness (QED) is 0.762. The summed E-state index contributed by atoms with van der Waals surface area (Å²) in [5, 5.41) is 3.10. The molecule has 0 saturated heterocycles. The van der Waals surface area contributed by atoms with Gasteiger partial charge in [0.25, 0.3) is 0 Å². The molecule has 1 nitrogen and oxygen atoms in total. The largest absolute Gasteiger partial charge is 0.419 e. The summed E-state index contributed by atoms with van der Waals surface area (Å²) in [4.78, 5) is 0. The summed E-state index contributed by atoms with van der Waals surface area (Å²) in [6.45, 7) is 2.09. The van der Waals surface area contributed by atoms with Gasteiger partial charge in [0.1, 0.15) is 5.82 Å². The van der Waals surface area contributed by atoms with Crippen molar-refractivity contribution < 1.29 is 17.6 Å². The van der Waals surface area contributed by atoms with Crippen molar-refractivity contribution in [1.82, 2.24) is 0 Å². The van der Waals surface area contributed by atoms with Crippen LogP contribution in [0.2, 0.25) is 0 Å². The molecule has 2 rings (SSSR count). The Hall–Kier alpha value is -1.26. The molecule has 2 atom stereocenters. The SMILES string of the molecule is CC1CCCCC1Nc1ccc(F)c(C(F)(F)F)c1. The highest BCUT2D eigenvalue weighted by Gasteiger charge is 2.34. The zero-order valence-electron chi connectivity index (χ0n) is 10.7. The van der Waals surface area contributed by atoms with Crippen molar-refractivity contribution in [3.05, 3.63) is 29.6 Å². The molecule has 0 bridgehead atoms. The van der Waals surface area contributed by atoms with Gasteiger partial charge in [-0.2, -0.15) is 13.2 Å². The third-order valence-electron chi connectivity index (χ3n) is 3.74. The van der Waals surface area contributed by atoms with E-state index in [1.807, 2.05) is 0 Å². The van der Waals surface area contributed by atoms with Crippen LogP contribution in [0.25, 0.3) is 0 Å². The van der Waals surface area contributed by atoms with E-state index < -0.39 is 17.6 Å². The lowest BCUT2D eigenvalue weighted by atomic mass is 9.86. The average Bonchev–Trinajstić information content (AvgIpc) is 2.33. The molecule has 2 unspecified atom stereocenters. The first-order valence-corrected chi connectivity index (χ1v) is 6.51. The molecule has 0 heterocycles. The van der Waals surface area contributed by atoms with Crippen LogP contribution in [0.1, 0.15) is 38.2 Å². The number of hydrogen-bond acceptors (Lipinski definition) is 1. The van der Waals surface area contributed by atoms with Crippen molar-refractivity contribution in [3.8, 4) is 0 Å². The lowest BCUT2D eigenvalue weighted by Crippen LogP contribution is -2.30. The predicted molar refractivity (Wildman–Crippen MR) is 66.4 cm³/mol. The normalized spacial score (nSPS) is 24.3. The number of hydrogen-bond donors (Lipinski definition) is 1. The Morgan fingerprint density at radius 1 is 1.16 bits per heavy atom. The van der Waals surface area contributed by atoms with Crippen LogP contribution < -0.4 is 5.32 Å². The summed E-state index contributed by atoms with van der Waals surface area (Å²) in [7, 11) is 0. The molecule has 0 amide bonds. The fourth-order valence-corrected chi connectivity index (χ4v) is 2.58. The summed E-state index contributed by atoms with van der Waals surface area (Å²) in [6, 6.07) is 3.27. The van der Waals surface area contributed by atoms with E-state index in [0.717, 1.165) is 37.8 Å². The Bertz CT molecular complexity index is 442. The van der Waals surface area contributed by atoms with Crippen molar-refractivity contribution in [2.75, 3.05) is 5.32 Å². The van der Waals surface area contributed by atoms with Gasteiger partial charge in [-0.25, -0.2) is 4.39 Å². The van der Waals surface area contributed by atoms with Crippen molar-refractivity contribution >= 4 is 5.69 Å². The summed E-state index contributed by atoms with van der Waals surface area (Å²) < 4.78 is 51.0. The van der Waals surface area contributed by atoms with Gasteiger partial charge in [0.2, 0.25) is 0 Å². The fraction of sp³-hybridized carbons (Fsp3) is 0.571. The van der Waals surface area contributed by atoms with Crippen LogP contribution in [0.15, 0.2) is 18.2 Å². The first-order chi connectivity index (χ1) is 8.88. The number of rotatable bonds is 2. The van der Waals surface area contributed by atoms with Gasteiger partial charge in [-0.3, -0.25) is 0 Å². The molecule has 5 heteroatoms. The maximum absolute atomic E-state index is 13.2. The van der Waals surface area contributed by atoms with Gasteiger partial charge in [0.15, 0.2) is 0 Å². The van der Waals surface area contributed by atoms with Crippen molar-refractivity contribution in [2.24, 2.45) is 5.92 Å². The van der Waals surface area contributed by atoms with Gasteiger partial charge >= 0.3 is 6.18 Å². The molecule has 0 aromatic heterocycles. The standard InChI is InChI=1S/C14H17F4N/c1-9-4-2-3-5-13(9)19-10-6-7-12(15)11(8-10)14(16,17)18/h6-9,13,19H,2-5H2,1H3. The van der Waals surface area contributed by atoms with Crippen molar-refractivity contribution in [1.29, 1.82) is 0 Å². The van der Waals surface area contributed by atoms with E-state index in [0.29, 0.717) is 11.6 Å². The van der Waals surface area contributed by atoms with E-state index in [1.165, 1.54) is 6.07 Å². The minimum atomic E-state index is -4.65. The lowest BCUT2D eigenvalue weighted by Gasteiger charge is -2.30. The van der Waals surface area contributed by atoms with Gasteiger partial charge in [-0.1, -0.05) is 19.8 Å². The molecule has 0 radical (unpaired) electrons. The van der Waals surface area contributed by atoms with E-state index in [-0.39, 0.29) is 6.04 Å². The molecule has 106 valence electrons. The molecule has 1 aliphatic carbocycles. The van der Waals surface area contributed by atoms with Crippen molar-refractivity contribution in [3.63, 3.8) is 0 Å². The second-order valence-electron chi connectivity index (χ2n) is 5.20. The Kier molecular flexibility index (Phi) is 4.02. The van der Waals surface area contributed by atoms with E-state index >= 15 is 0 Å². The lowest BCUT2D eigenvalue weighted by molar-refractivity contribution is -0.139. The van der Waals surface area contributed by atoms with Gasteiger partial charge in [0, 0.05) is 11.7 Å². The van der Waals surface area contributed by atoms with E-state index in [2.05, 4.69) is 12.2 Å². The second-order valence-corrected chi connectivity index (χ2v) is 5.20. The van der Waals surface area contributed by atoms with Crippen LogP contribution in [0.5, 0.6) is 0 Å². The van der Waals surface area contributed by atoms with Crippen LogP contribution in [-0.4, -0.2) is 6.04 Å². The minimum Gasteiger partial charge on any atom is -0.382 e. The van der Waals surface area contributed by atoms with Crippen LogP contribution >= 0.6 is 0 Å². The van der Waals surface area contributed by atoms with Gasteiger partial charge < -0.3 is 5.32 Å². The number of alkyl halides is 3. The van der Waals surface area contributed by atoms with Gasteiger partial charge in [-0.05, 0) is 37.0 Å². The molecule has 1 saturated carbocycles. The second kappa shape index (κ2) is 5.39. The zero-order chi connectivity index (χ0) is 14.0. The average molecular weight is 275 g/mol. The Labute approximate surface area is 110 Å². The number of halogens is 4. The maximum Gasteiger partial charge on any atom is 0.419 e. The van der Waals surface area contributed by atoms with Crippen molar-refractivity contribution in [2.45, 2.75) is 44.8 Å². The number of anilines is 1. The Balaban J connectivity index is 2.17. The highest BCUT2D eigenvalue weighted by atomic mass is 19.4. The monoisotopic (exact) mass is 275 g/mol. The van der Waals surface area contributed by atoms with Crippen LogP contribution in [-0.2, 0) is 6.18 Å². The zero-order valence-corrected chi connectivity index (χ0v) is 10.7. The summed E-state index contributed by atoms with van der Waals surface area (Å²) in [6.07, 6.45) is -0.392. The van der Waals surface area contributed by atoms with E-state index in [4.69, 9.17) is 0 Å². The molecule has 0 spiro atoms. The first kappa shape index (κ1) is 14.2. The first-order valence-electron chi connectivity index (χ1n) is 6.51. The smallest absolute Gasteiger partial charge is 0.382 e. The summed E-state index contributed by atoms with van der Waals surface area (Å²) in [5.41, 5.74) is -0.867. The van der Waals surface area contributed by atoms with Crippen LogP contribution in [0, 0.1) is 11.7 Å². The third-order valence-corrected chi connectivity index (χ3v) is 3.74. The van der Waals surface area contributed by atoms with Gasteiger partial charge in [0.05, 0.1) is 5.56 Å². The molecular formula is C14H17F4N. The fourth-order valence-electron chi connectivity index (χ4n) is 2.58. The molecule has 1 fully saturated rings. The molecule has 1 aromatic rings. The molecule has 19 heavy (non-hydrogen) atoms. The van der Waals surface area contributed by atoms with Gasteiger partial charge in [-0.15, -0.1) is 0 Å². The highest BCUT2D eigenvalue weighted by molar-refractivity contribution is 5.48. The summed E-state index contributed by atoms with van der Waals surface area (Å²) in [5.74, 6) is -0.803. The molecule has 1 aliphatic rings. The predicted octanol–water partition coefficient (Wildman–Crippen LogP) is 4.84. The Morgan fingerprint density at radius 2 is 1.84 bits per heavy atom. The third kappa shape index (κ3) is 3.39. The molecule has 1 N–H and O–H groups in total. The molecule has 1 aromatic carbocycles. The van der Waals surface area contributed by atoms with Crippen LogP contribution in [0.3, 0.4) is 0 Å². The topological polar surface area (TPSA) is 12.0 Å². The Morgan fingerprint density at radius 3 is 2.47 bits per heavy atom. The molecule has 0 aliphatic heterocycles. The van der Waals surface area contributed by atoms with E-state index in [9.17, 15) is 17.6 Å². The number of nitrogens with one attached hydrogen (secondary N) is 1. The van der Waals surface area contributed by atoms with Crippen LogP contribution in [0.4, 0.5) is 23.2 Å². The molecular weight excluding hydrogens is 258 g/mol. The highest BCUT2D eigenvalue weighted by Crippen LogP contribution is 2.34.